The molecule has 0 unspecified atom stereocenters. The van der Waals surface area contributed by atoms with Gasteiger partial charge in [0, 0.05) is 34.5 Å². The number of carbonyl (C=O) groups is 3. The fourth-order valence-corrected chi connectivity index (χ4v) is 11.6. The lowest BCUT2D eigenvalue weighted by atomic mass is 9.29. The Labute approximate surface area is 219 Å². The lowest BCUT2D eigenvalue weighted by Gasteiger charge is -2.69. The molecule has 6 aliphatic rings. The molecule has 3 nitrogen and oxygen atoms in total. The first-order chi connectivity index (χ1) is 18.6. The van der Waals surface area contributed by atoms with Gasteiger partial charge in [-0.05, 0) is 33.4 Å². The highest BCUT2D eigenvalue weighted by molar-refractivity contribution is 6.30. The topological polar surface area (TPSA) is 51.2 Å². The number of hydrogen-bond donors (Lipinski definition) is 0. The first-order valence-corrected chi connectivity index (χ1v) is 13.6. The summed E-state index contributed by atoms with van der Waals surface area (Å²) in [6.45, 7) is 0. The van der Waals surface area contributed by atoms with Crippen molar-refractivity contribution in [3.05, 3.63) is 131 Å². The number of carbonyl (C=O) groups excluding carboxylic acids is 3. The fourth-order valence-electron chi connectivity index (χ4n) is 11.6. The van der Waals surface area contributed by atoms with Gasteiger partial charge in [-0.25, -0.2) is 0 Å². The van der Waals surface area contributed by atoms with E-state index in [0.29, 0.717) is 0 Å². The third-order valence-corrected chi connectivity index (χ3v) is 11.8. The summed E-state index contributed by atoms with van der Waals surface area (Å²) in [5.41, 5.74) is 2.46. The van der Waals surface area contributed by atoms with Crippen LogP contribution in [0, 0.1) is 23.7 Å². The van der Waals surface area contributed by atoms with E-state index in [1.807, 2.05) is 84.9 Å². The zero-order valence-corrected chi connectivity index (χ0v) is 20.4. The molecule has 0 N–H and O–H groups in total. The van der Waals surface area contributed by atoms with E-state index in [2.05, 4.69) is 24.3 Å². The highest BCUT2D eigenvalue weighted by Crippen LogP contribution is 2.98. The number of hydrogen-bond acceptors (Lipinski definition) is 3. The molecule has 0 amide bonds. The van der Waals surface area contributed by atoms with Gasteiger partial charge in [-0.15, -0.1) is 0 Å². The van der Waals surface area contributed by atoms with Gasteiger partial charge in [0.15, 0.2) is 5.78 Å². The average molecular weight is 491 g/mol. The van der Waals surface area contributed by atoms with E-state index in [9.17, 15) is 9.59 Å². The number of Topliss-reactive ketones (excluding diaryl/α,β-unsaturated/α-hetero) is 3. The van der Waals surface area contributed by atoms with Gasteiger partial charge in [0.25, 0.3) is 0 Å². The summed E-state index contributed by atoms with van der Waals surface area (Å²) < 4.78 is 0. The maximum atomic E-state index is 15.7. The summed E-state index contributed by atoms with van der Waals surface area (Å²) in [5.74, 6) is -1.83. The first-order valence-electron chi connectivity index (χ1n) is 13.6. The number of benzene rings is 4. The van der Waals surface area contributed by atoms with Crippen LogP contribution >= 0.6 is 0 Å². The summed E-state index contributed by atoms with van der Waals surface area (Å²) in [6, 6.07) is 36.8. The molecule has 5 saturated carbocycles. The van der Waals surface area contributed by atoms with E-state index in [4.69, 9.17) is 0 Å². The molecule has 3 heteroatoms. The maximum absolute atomic E-state index is 15.7. The van der Waals surface area contributed by atoms with Gasteiger partial charge in [-0.2, -0.15) is 0 Å². The molecule has 10 rings (SSSR count). The van der Waals surface area contributed by atoms with Gasteiger partial charge in [-0.3, -0.25) is 14.4 Å². The van der Waals surface area contributed by atoms with Gasteiger partial charge in [0.2, 0.25) is 0 Å². The minimum Gasteiger partial charge on any atom is -0.299 e. The Kier molecular flexibility index (Phi) is 2.97. The highest BCUT2D eigenvalue weighted by atomic mass is 16.2. The van der Waals surface area contributed by atoms with Crippen molar-refractivity contribution in [1.29, 1.82) is 0 Å². The molecule has 0 radical (unpaired) electrons. The fraction of sp³-hybridized carbons (Fsp3) is 0.229. The van der Waals surface area contributed by atoms with Crippen LogP contribution in [0.4, 0.5) is 0 Å². The summed E-state index contributed by atoms with van der Waals surface area (Å²) in [5, 5.41) is 0. The predicted molar refractivity (Wildman–Crippen MR) is 140 cm³/mol. The normalized spacial score (nSPS) is 41.2. The Bertz CT molecular complexity index is 1690. The van der Waals surface area contributed by atoms with Crippen LogP contribution in [0.15, 0.2) is 109 Å². The minimum absolute atomic E-state index is 0.0908. The maximum Gasteiger partial charge on any atom is 0.157 e. The minimum atomic E-state index is -1.07. The molecule has 0 heterocycles. The van der Waals surface area contributed by atoms with Crippen LogP contribution < -0.4 is 0 Å². The molecule has 38 heavy (non-hydrogen) atoms. The van der Waals surface area contributed by atoms with Crippen LogP contribution in [0.5, 0.6) is 0 Å². The second-order valence-electron chi connectivity index (χ2n) is 12.1. The Morgan fingerprint density at radius 1 is 0.421 bits per heavy atom. The SMILES string of the molecule is O=C1[C@@H]2[C@@H]3C(=O)[C@@H]4[C@H]1[C@@]15c6ccccc6-c6ccccc6[C@@]41[C@]3(c1ccccc1)C(=O)[C@@]25c1ccccc1. The lowest BCUT2D eigenvalue weighted by Crippen LogP contribution is -2.76. The van der Waals surface area contributed by atoms with Crippen molar-refractivity contribution in [2.24, 2.45) is 23.7 Å². The largest absolute Gasteiger partial charge is 0.299 e. The number of fused-ring (bicyclic) bond motifs is 5. The third-order valence-electron chi connectivity index (χ3n) is 11.8. The third kappa shape index (κ3) is 1.37. The average Bonchev–Trinajstić information content (AvgIpc) is 3.33. The summed E-state index contributed by atoms with van der Waals surface area (Å²) in [4.78, 5) is 44.9. The van der Waals surface area contributed by atoms with Crippen LogP contribution in [0.25, 0.3) is 11.1 Å². The molecular formula is C35H22O3. The van der Waals surface area contributed by atoms with Gasteiger partial charge in [-0.1, -0.05) is 109 Å². The van der Waals surface area contributed by atoms with Crippen molar-refractivity contribution in [3.8, 4) is 11.1 Å². The molecule has 4 aromatic rings. The number of ketones is 3. The van der Waals surface area contributed by atoms with Crippen LogP contribution in [0.2, 0.25) is 0 Å². The Morgan fingerprint density at radius 3 is 1.21 bits per heavy atom. The van der Waals surface area contributed by atoms with E-state index in [1.54, 1.807) is 0 Å². The summed E-state index contributed by atoms with van der Waals surface area (Å²) in [7, 11) is 0. The van der Waals surface area contributed by atoms with Crippen molar-refractivity contribution >= 4 is 17.3 Å². The van der Waals surface area contributed by atoms with Crippen LogP contribution in [0.3, 0.4) is 0 Å². The molecule has 4 aromatic carbocycles. The molecule has 2 bridgehead atoms. The zero-order chi connectivity index (χ0) is 25.2. The van der Waals surface area contributed by atoms with Crippen molar-refractivity contribution in [1.82, 2.24) is 0 Å². The summed E-state index contributed by atoms with van der Waals surface area (Å²) >= 11 is 0. The predicted octanol–water partition coefficient (Wildman–Crippen LogP) is 4.96. The first kappa shape index (κ1) is 19.9. The molecule has 6 aliphatic carbocycles. The van der Waals surface area contributed by atoms with Crippen LogP contribution in [-0.2, 0) is 36.0 Å². The Hall–Kier alpha value is -4.11. The molecule has 0 saturated heterocycles. The second-order valence-corrected chi connectivity index (χ2v) is 12.1. The monoisotopic (exact) mass is 490 g/mol. The molecule has 180 valence electrons. The Morgan fingerprint density at radius 2 is 0.789 bits per heavy atom. The molecular weight excluding hydrogens is 468 g/mol. The van der Waals surface area contributed by atoms with E-state index in [0.717, 1.165) is 33.4 Å². The smallest absolute Gasteiger partial charge is 0.157 e. The van der Waals surface area contributed by atoms with Crippen LogP contribution in [0.1, 0.15) is 22.3 Å². The molecule has 0 aromatic heterocycles. The van der Waals surface area contributed by atoms with E-state index < -0.39 is 45.3 Å². The van der Waals surface area contributed by atoms with E-state index in [-0.39, 0.29) is 17.3 Å². The standard InChI is InChI=1S/C35H22O3/c36-29-25-26-30(37)28-27(29)34-23-17-9-7-15-21(23)22-16-8-10-18-24(22)35(28,34)33(26,20-13-5-2-6-14-20)31(38)32(25,34)19-11-3-1-4-12-19/h1-18,25-28H/t25-,26+,27+,28-,32+,33-,34+,35-. The quantitative estimate of drug-likeness (QED) is 0.399. The van der Waals surface area contributed by atoms with Crippen LogP contribution in [-0.4, -0.2) is 17.3 Å². The van der Waals surface area contributed by atoms with Gasteiger partial charge < -0.3 is 0 Å². The second kappa shape index (κ2) is 5.66. The van der Waals surface area contributed by atoms with Gasteiger partial charge >= 0.3 is 0 Å². The van der Waals surface area contributed by atoms with E-state index in [1.165, 1.54) is 0 Å². The Balaban J connectivity index is 1.52. The summed E-state index contributed by atoms with van der Waals surface area (Å²) in [6.07, 6.45) is 0. The van der Waals surface area contributed by atoms with Gasteiger partial charge in [0.1, 0.15) is 11.6 Å². The van der Waals surface area contributed by atoms with Crippen molar-refractivity contribution in [2.45, 2.75) is 21.7 Å². The zero-order valence-electron chi connectivity index (χ0n) is 20.4. The van der Waals surface area contributed by atoms with E-state index >= 15 is 4.79 Å². The molecule has 2 spiro atoms. The van der Waals surface area contributed by atoms with Gasteiger partial charge in [0.05, 0.1) is 10.8 Å². The van der Waals surface area contributed by atoms with Crippen molar-refractivity contribution in [2.75, 3.05) is 0 Å². The van der Waals surface area contributed by atoms with Crippen molar-refractivity contribution < 1.29 is 14.4 Å². The number of rotatable bonds is 2. The molecule has 5 fully saturated rings. The molecule has 8 atom stereocenters. The van der Waals surface area contributed by atoms with Crippen molar-refractivity contribution in [3.63, 3.8) is 0 Å². The lowest BCUT2D eigenvalue weighted by molar-refractivity contribution is -0.150. The highest BCUT2D eigenvalue weighted by Gasteiger charge is 3.09. The molecule has 0 aliphatic heterocycles.